The lowest BCUT2D eigenvalue weighted by Gasteiger charge is -2.26. The van der Waals surface area contributed by atoms with Gasteiger partial charge in [-0.15, -0.1) is 22.9 Å². The molecule has 0 spiro atoms. The van der Waals surface area contributed by atoms with E-state index in [0.717, 1.165) is 70.3 Å². The van der Waals surface area contributed by atoms with Crippen LogP contribution in [0.5, 0.6) is 0 Å². The molecule has 0 radical (unpaired) electrons. The average molecular weight is 559 g/mol. The van der Waals surface area contributed by atoms with Crippen LogP contribution in [0.15, 0.2) is 48.8 Å². The molecule has 1 aromatic carbocycles. The summed E-state index contributed by atoms with van der Waals surface area (Å²) >= 11 is 8.08. The third-order valence-electron chi connectivity index (χ3n) is 7.96. The fraction of sp³-hybridized carbons (Fsp3) is 0.533. The Labute approximate surface area is 233 Å². The summed E-state index contributed by atoms with van der Waals surface area (Å²) in [5.41, 5.74) is 1.26. The van der Waals surface area contributed by atoms with Gasteiger partial charge in [-0.3, -0.25) is 9.88 Å². The molecule has 2 fully saturated rings. The molecule has 1 aliphatic heterocycles. The zero-order valence-electron chi connectivity index (χ0n) is 21.7. The van der Waals surface area contributed by atoms with Crippen LogP contribution in [0.1, 0.15) is 45.8 Å². The van der Waals surface area contributed by atoms with Gasteiger partial charge in [-0.1, -0.05) is 18.2 Å². The first-order valence-electron chi connectivity index (χ1n) is 13.7. The molecule has 1 saturated heterocycles. The van der Waals surface area contributed by atoms with Gasteiger partial charge in [0.05, 0.1) is 18.6 Å². The summed E-state index contributed by atoms with van der Waals surface area (Å²) in [6.45, 7) is 4.39. The Balaban J connectivity index is 1.07. The Kier molecular flexibility index (Phi) is 9.65. The fourth-order valence-electron chi connectivity index (χ4n) is 5.79. The Morgan fingerprint density at radius 2 is 2.00 bits per heavy atom. The number of aryl methyl sites for hydroxylation is 2. The highest BCUT2D eigenvalue weighted by Crippen LogP contribution is 2.43. The number of nitrogens with zero attached hydrogens (tertiary/aromatic N) is 2. The van der Waals surface area contributed by atoms with Crippen molar-refractivity contribution in [1.82, 2.24) is 9.88 Å². The minimum Gasteiger partial charge on any atom is -0.460 e. The number of carbonyl (C=O) groups is 1. The summed E-state index contributed by atoms with van der Waals surface area (Å²) in [6.07, 6.45) is 7.91. The number of fused-ring (bicyclic) bond motifs is 1. The van der Waals surface area contributed by atoms with E-state index >= 15 is 0 Å². The van der Waals surface area contributed by atoms with Gasteiger partial charge < -0.3 is 9.47 Å². The molecule has 2 aromatic heterocycles. The van der Waals surface area contributed by atoms with Crippen LogP contribution in [0.2, 0.25) is 0 Å². The lowest BCUT2D eigenvalue weighted by molar-refractivity contribution is 0.0197. The lowest BCUT2D eigenvalue weighted by atomic mass is 9.86. The van der Waals surface area contributed by atoms with Gasteiger partial charge in [0.25, 0.3) is 0 Å². The second-order valence-electron chi connectivity index (χ2n) is 10.5. The third-order valence-corrected chi connectivity index (χ3v) is 9.69. The number of rotatable bonds is 11. The minimum absolute atomic E-state index is 0.181. The number of esters is 1. The normalized spacial score (nSPS) is 24.2. The van der Waals surface area contributed by atoms with E-state index in [0.29, 0.717) is 23.8 Å². The highest BCUT2D eigenvalue weighted by molar-refractivity contribution is 7.13. The zero-order chi connectivity index (χ0) is 26.3. The molecule has 4 atom stereocenters. The summed E-state index contributed by atoms with van der Waals surface area (Å²) in [5, 5.41) is 1.90. The van der Waals surface area contributed by atoms with Crippen molar-refractivity contribution in [2.45, 2.75) is 50.1 Å². The van der Waals surface area contributed by atoms with Crippen LogP contribution < -0.4 is 0 Å². The molecule has 0 N–H and O–H groups in total. The van der Waals surface area contributed by atoms with Crippen molar-refractivity contribution in [1.29, 1.82) is 0 Å². The Bertz CT molecular complexity index is 1200. The molecule has 204 valence electrons. The Hall–Kier alpha value is -2.06. The molecule has 2 aliphatic rings. The van der Waals surface area contributed by atoms with Crippen LogP contribution >= 0.6 is 22.9 Å². The molecule has 0 bridgehead atoms. The molecule has 1 saturated carbocycles. The van der Waals surface area contributed by atoms with Crippen LogP contribution in [0, 0.1) is 11.8 Å². The first-order chi connectivity index (χ1) is 18.6. The number of morpholine rings is 1. The van der Waals surface area contributed by atoms with Crippen molar-refractivity contribution in [2.24, 2.45) is 11.8 Å². The number of thiophene rings is 1. The van der Waals surface area contributed by atoms with Crippen molar-refractivity contribution in [3.8, 4) is 0 Å². The molecule has 5 rings (SSSR count). The summed E-state index contributed by atoms with van der Waals surface area (Å²) in [7, 11) is 0. The van der Waals surface area contributed by atoms with E-state index in [4.69, 9.17) is 21.1 Å². The second kappa shape index (κ2) is 13.3. The van der Waals surface area contributed by atoms with Crippen molar-refractivity contribution >= 4 is 39.7 Å². The Morgan fingerprint density at radius 3 is 2.87 bits per heavy atom. The summed E-state index contributed by atoms with van der Waals surface area (Å²) < 4.78 is 25.4. The van der Waals surface area contributed by atoms with Gasteiger partial charge in [-0.05, 0) is 79.5 Å². The van der Waals surface area contributed by atoms with E-state index in [1.165, 1.54) is 27.2 Å². The van der Waals surface area contributed by atoms with Gasteiger partial charge in [0, 0.05) is 42.3 Å². The number of aromatic nitrogens is 1. The van der Waals surface area contributed by atoms with E-state index in [9.17, 15) is 9.18 Å². The molecule has 5 nitrogen and oxygen atoms in total. The number of pyridine rings is 1. The maximum absolute atomic E-state index is 14.6. The highest BCUT2D eigenvalue weighted by Gasteiger charge is 2.41. The molecule has 0 amide bonds. The molecule has 8 heteroatoms. The topological polar surface area (TPSA) is 51.7 Å². The third kappa shape index (κ3) is 7.12. The predicted octanol–water partition coefficient (Wildman–Crippen LogP) is 6.32. The summed E-state index contributed by atoms with van der Waals surface area (Å²) in [5.74, 6) is 0.224. The fourth-order valence-corrected chi connectivity index (χ4v) is 7.17. The number of carbonyl (C=O) groups excluding carboxylic acids is 1. The predicted molar refractivity (Wildman–Crippen MR) is 151 cm³/mol. The summed E-state index contributed by atoms with van der Waals surface area (Å²) in [4.78, 5) is 20.7. The van der Waals surface area contributed by atoms with Gasteiger partial charge in [0.1, 0.15) is 17.7 Å². The molecule has 3 heterocycles. The number of halogens is 2. The zero-order valence-corrected chi connectivity index (χ0v) is 23.3. The number of alkyl halides is 2. The molecule has 1 aliphatic carbocycles. The van der Waals surface area contributed by atoms with E-state index in [2.05, 4.69) is 28.1 Å². The van der Waals surface area contributed by atoms with E-state index < -0.39 is 11.5 Å². The van der Waals surface area contributed by atoms with Gasteiger partial charge in [-0.25, -0.2) is 9.18 Å². The number of ether oxygens (including phenoxy) is 2. The molecule has 3 aromatic rings. The van der Waals surface area contributed by atoms with Crippen LogP contribution in [-0.4, -0.2) is 66.9 Å². The average Bonchev–Trinajstić information content (AvgIpc) is 3.52. The Morgan fingerprint density at radius 1 is 1.13 bits per heavy atom. The SMILES string of the molecule is O=C(OCCN1CCOCC1)c1ccc(CCC[C@H]2CC(F)C(Cl)[C@@H]2CCc2ccc3cnccc3c2)s1. The van der Waals surface area contributed by atoms with Crippen LogP contribution in [0.3, 0.4) is 0 Å². The van der Waals surface area contributed by atoms with E-state index in [1.807, 2.05) is 30.6 Å². The quantitative estimate of drug-likeness (QED) is 0.203. The van der Waals surface area contributed by atoms with Crippen molar-refractivity contribution in [3.05, 3.63) is 64.1 Å². The van der Waals surface area contributed by atoms with E-state index in [-0.39, 0.29) is 11.9 Å². The maximum atomic E-state index is 14.6. The summed E-state index contributed by atoms with van der Waals surface area (Å²) in [6, 6.07) is 12.4. The van der Waals surface area contributed by atoms with Crippen molar-refractivity contribution in [3.63, 3.8) is 0 Å². The van der Waals surface area contributed by atoms with Gasteiger partial charge in [0.15, 0.2) is 0 Å². The highest BCUT2D eigenvalue weighted by atomic mass is 35.5. The van der Waals surface area contributed by atoms with Gasteiger partial charge in [-0.2, -0.15) is 0 Å². The number of benzene rings is 1. The van der Waals surface area contributed by atoms with E-state index in [1.54, 1.807) is 0 Å². The largest absolute Gasteiger partial charge is 0.460 e. The van der Waals surface area contributed by atoms with Gasteiger partial charge in [0.2, 0.25) is 0 Å². The first kappa shape index (κ1) is 27.5. The van der Waals surface area contributed by atoms with Gasteiger partial charge >= 0.3 is 5.97 Å². The van der Waals surface area contributed by atoms with Crippen LogP contribution in [0.25, 0.3) is 10.8 Å². The van der Waals surface area contributed by atoms with Crippen molar-refractivity contribution in [2.75, 3.05) is 39.5 Å². The number of hydrogen-bond donors (Lipinski definition) is 0. The van der Waals surface area contributed by atoms with Crippen LogP contribution in [0.4, 0.5) is 4.39 Å². The number of hydrogen-bond acceptors (Lipinski definition) is 6. The molecular formula is C30H36ClFN2O3S. The minimum atomic E-state index is -0.935. The first-order valence-corrected chi connectivity index (χ1v) is 15.0. The maximum Gasteiger partial charge on any atom is 0.348 e. The van der Waals surface area contributed by atoms with Crippen LogP contribution in [-0.2, 0) is 22.3 Å². The molecule has 38 heavy (non-hydrogen) atoms. The smallest absolute Gasteiger partial charge is 0.348 e. The lowest BCUT2D eigenvalue weighted by Crippen LogP contribution is -2.38. The monoisotopic (exact) mass is 558 g/mol. The second-order valence-corrected chi connectivity index (χ2v) is 12.1. The standard InChI is InChI=1S/C30H36ClFN2O3S/c31-29-26(8-5-21-4-6-24-20-33-11-10-22(24)18-21)23(19-27(29)32)2-1-3-25-7-9-28(38-25)30(35)37-17-14-34-12-15-36-16-13-34/h4,6-7,9-11,18,20,23,26-27,29H,1-3,5,8,12-17,19H2/t23-,26+,27?,29?/m0/s1. The molecule has 2 unspecified atom stereocenters. The molecular weight excluding hydrogens is 523 g/mol. The van der Waals surface area contributed by atoms with Crippen molar-refractivity contribution < 1.29 is 18.7 Å².